The van der Waals surface area contributed by atoms with Gasteiger partial charge in [-0.05, 0) is 11.1 Å². The summed E-state index contributed by atoms with van der Waals surface area (Å²) >= 11 is 0. The average molecular weight is 226 g/mol. The van der Waals surface area contributed by atoms with E-state index in [0.29, 0.717) is 6.54 Å². The maximum Gasteiger partial charge on any atom is 0.0447 e. The molecule has 0 spiro atoms. The largest absolute Gasteiger partial charge is 0.329 e. The minimum absolute atomic E-state index is 0.219. The molecule has 3 N–H and O–H groups in total. The highest BCUT2D eigenvalue weighted by molar-refractivity contribution is 5.20. The second-order valence-corrected chi connectivity index (χ2v) is 4.07. The molecule has 2 aromatic rings. The molecule has 88 valence electrons. The summed E-state index contributed by atoms with van der Waals surface area (Å²) in [6.45, 7) is 1.45. The topological polar surface area (TPSA) is 38.0 Å². The van der Waals surface area contributed by atoms with Crippen molar-refractivity contribution in [2.75, 3.05) is 6.54 Å². The summed E-state index contributed by atoms with van der Waals surface area (Å²) in [5.41, 5.74) is 8.33. The van der Waals surface area contributed by atoms with Crippen LogP contribution in [0.15, 0.2) is 60.7 Å². The number of nitrogens with one attached hydrogen (secondary N) is 1. The maximum atomic E-state index is 5.81. The molecule has 0 aliphatic heterocycles. The first-order valence-corrected chi connectivity index (χ1v) is 5.92. The van der Waals surface area contributed by atoms with Gasteiger partial charge in [0.05, 0.1) is 0 Å². The molecule has 2 heteroatoms. The number of rotatable bonds is 5. The SMILES string of the molecule is NCC(NCc1ccccc1)c1ccccc1. The van der Waals surface area contributed by atoms with Crippen LogP contribution in [0.4, 0.5) is 0 Å². The predicted octanol–water partition coefficient (Wildman–Crippen LogP) is 2.48. The summed E-state index contributed by atoms with van der Waals surface area (Å²) < 4.78 is 0. The Hall–Kier alpha value is -1.64. The molecule has 0 radical (unpaired) electrons. The molecule has 2 aromatic carbocycles. The predicted molar refractivity (Wildman–Crippen MR) is 71.5 cm³/mol. The smallest absolute Gasteiger partial charge is 0.0447 e. The Kier molecular flexibility index (Phi) is 4.30. The highest BCUT2D eigenvalue weighted by Gasteiger charge is 2.07. The van der Waals surface area contributed by atoms with Crippen molar-refractivity contribution in [3.63, 3.8) is 0 Å². The molecular weight excluding hydrogens is 208 g/mol. The van der Waals surface area contributed by atoms with Crippen LogP contribution in [-0.4, -0.2) is 6.54 Å². The fourth-order valence-electron chi connectivity index (χ4n) is 1.86. The van der Waals surface area contributed by atoms with Gasteiger partial charge in [-0.1, -0.05) is 60.7 Å². The van der Waals surface area contributed by atoms with Crippen molar-refractivity contribution < 1.29 is 0 Å². The quantitative estimate of drug-likeness (QED) is 0.822. The fourth-order valence-corrected chi connectivity index (χ4v) is 1.86. The molecule has 0 bridgehead atoms. The molecule has 1 atom stereocenters. The lowest BCUT2D eigenvalue weighted by Crippen LogP contribution is -2.27. The summed E-state index contributed by atoms with van der Waals surface area (Å²) in [5, 5.41) is 3.48. The van der Waals surface area contributed by atoms with Crippen LogP contribution in [0, 0.1) is 0 Å². The van der Waals surface area contributed by atoms with Crippen LogP contribution in [0.5, 0.6) is 0 Å². The Balaban J connectivity index is 1.97. The molecule has 0 fully saturated rings. The lowest BCUT2D eigenvalue weighted by Gasteiger charge is -2.17. The standard InChI is InChI=1S/C15H18N2/c16-11-15(14-9-5-2-6-10-14)17-12-13-7-3-1-4-8-13/h1-10,15,17H,11-12,16H2. The summed E-state index contributed by atoms with van der Waals surface area (Å²) in [7, 11) is 0. The number of benzene rings is 2. The maximum absolute atomic E-state index is 5.81. The molecule has 0 aromatic heterocycles. The van der Waals surface area contributed by atoms with Crippen LogP contribution in [0.3, 0.4) is 0 Å². The normalized spacial score (nSPS) is 12.3. The third-order valence-corrected chi connectivity index (χ3v) is 2.83. The van der Waals surface area contributed by atoms with E-state index in [4.69, 9.17) is 5.73 Å². The van der Waals surface area contributed by atoms with Crippen LogP contribution in [0.1, 0.15) is 17.2 Å². The fraction of sp³-hybridized carbons (Fsp3) is 0.200. The molecular formula is C15H18N2. The lowest BCUT2D eigenvalue weighted by molar-refractivity contribution is 0.542. The van der Waals surface area contributed by atoms with E-state index < -0.39 is 0 Å². The van der Waals surface area contributed by atoms with E-state index in [1.54, 1.807) is 0 Å². The Morgan fingerprint density at radius 1 is 0.882 bits per heavy atom. The van der Waals surface area contributed by atoms with E-state index in [1.165, 1.54) is 11.1 Å². The van der Waals surface area contributed by atoms with Gasteiger partial charge >= 0.3 is 0 Å². The summed E-state index contributed by atoms with van der Waals surface area (Å²) in [5.74, 6) is 0. The monoisotopic (exact) mass is 226 g/mol. The molecule has 1 unspecified atom stereocenters. The van der Waals surface area contributed by atoms with E-state index in [0.717, 1.165) is 6.54 Å². The molecule has 0 heterocycles. The van der Waals surface area contributed by atoms with Crippen molar-refractivity contribution in [3.05, 3.63) is 71.8 Å². The molecule has 2 nitrogen and oxygen atoms in total. The van der Waals surface area contributed by atoms with Gasteiger partial charge in [-0.2, -0.15) is 0 Å². The minimum Gasteiger partial charge on any atom is -0.329 e. The molecule has 0 amide bonds. The van der Waals surface area contributed by atoms with Crippen LogP contribution in [0.25, 0.3) is 0 Å². The van der Waals surface area contributed by atoms with Gasteiger partial charge in [0.1, 0.15) is 0 Å². The van der Waals surface area contributed by atoms with Gasteiger partial charge < -0.3 is 11.1 Å². The van der Waals surface area contributed by atoms with E-state index in [-0.39, 0.29) is 6.04 Å². The minimum atomic E-state index is 0.219. The van der Waals surface area contributed by atoms with Gasteiger partial charge in [-0.25, -0.2) is 0 Å². The first-order chi connectivity index (χ1) is 8.40. The summed E-state index contributed by atoms with van der Waals surface area (Å²) in [6, 6.07) is 20.9. The zero-order valence-corrected chi connectivity index (χ0v) is 9.84. The van der Waals surface area contributed by atoms with Crippen molar-refractivity contribution in [2.45, 2.75) is 12.6 Å². The molecule has 0 aliphatic rings. The van der Waals surface area contributed by atoms with Crippen molar-refractivity contribution >= 4 is 0 Å². The zero-order valence-electron chi connectivity index (χ0n) is 9.84. The van der Waals surface area contributed by atoms with Gasteiger partial charge in [-0.15, -0.1) is 0 Å². The molecule has 0 saturated carbocycles. The van der Waals surface area contributed by atoms with E-state index >= 15 is 0 Å². The highest BCUT2D eigenvalue weighted by atomic mass is 14.9. The average Bonchev–Trinajstić information content (AvgIpc) is 2.42. The van der Waals surface area contributed by atoms with Gasteiger partial charge in [0.2, 0.25) is 0 Å². The van der Waals surface area contributed by atoms with Crippen LogP contribution in [0.2, 0.25) is 0 Å². The van der Waals surface area contributed by atoms with E-state index in [9.17, 15) is 0 Å². The highest BCUT2D eigenvalue weighted by Crippen LogP contribution is 2.11. The number of nitrogens with two attached hydrogens (primary N) is 1. The van der Waals surface area contributed by atoms with E-state index in [2.05, 4.69) is 41.7 Å². The van der Waals surface area contributed by atoms with Crippen molar-refractivity contribution in [2.24, 2.45) is 5.73 Å². The second-order valence-electron chi connectivity index (χ2n) is 4.07. The lowest BCUT2D eigenvalue weighted by atomic mass is 10.1. The summed E-state index contributed by atoms with van der Waals surface area (Å²) in [4.78, 5) is 0. The Bertz CT molecular complexity index is 425. The van der Waals surface area contributed by atoms with Crippen molar-refractivity contribution in [3.8, 4) is 0 Å². The van der Waals surface area contributed by atoms with Crippen molar-refractivity contribution in [1.82, 2.24) is 5.32 Å². The van der Waals surface area contributed by atoms with Crippen LogP contribution >= 0.6 is 0 Å². The summed E-state index contributed by atoms with van der Waals surface area (Å²) in [6.07, 6.45) is 0. The molecule has 2 rings (SSSR count). The van der Waals surface area contributed by atoms with Gasteiger partial charge in [0, 0.05) is 19.1 Å². The van der Waals surface area contributed by atoms with Crippen molar-refractivity contribution in [1.29, 1.82) is 0 Å². The number of hydrogen-bond acceptors (Lipinski definition) is 2. The Morgan fingerprint density at radius 2 is 1.47 bits per heavy atom. The number of hydrogen-bond donors (Lipinski definition) is 2. The van der Waals surface area contributed by atoms with Gasteiger partial charge in [0.15, 0.2) is 0 Å². The third kappa shape index (κ3) is 3.41. The third-order valence-electron chi connectivity index (χ3n) is 2.83. The molecule has 0 aliphatic carbocycles. The molecule has 17 heavy (non-hydrogen) atoms. The van der Waals surface area contributed by atoms with Crippen LogP contribution in [-0.2, 0) is 6.54 Å². The van der Waals surface area contributed by atoms with E-state index in [1.807, 2.05) is 24.3 Å². The van der Waals surface area contributed by atoms with Crippen LogP contribution < -0.4 is 11.1 Å². The second kappa shape index (κ2) is 6.18. The van der Waals surface area contributed by atoms with Gasteiger partial charge in [-0.3, -0.25) is 0 Å². The molecule has 0 saturated heterocycles. The van der Waals surface area contributed by atoms with Gasteiger partial charge in [0.25, 0.3) is 0 Å². The zero-order chi connectivity index (χ0) is 11.9. The first-order valence-electron chi connectivity index (χ1n) is 5.92. The first kappa shape index (κ1) is 11.8. The Morgan fingerprint density at radius 3 is 2.06 bits per heavy atom. The Labute approximate surface area is 102 Å².